The molecule has 0 aliphatic heterocycles. The summed E-state index contributed by atoms with van der Waals surface area (Å²) in [6.45, 7) is 0.1000. The lowest BCUT2D eigenvalue weighted by atomic mass is 10.1. The molecule has 0 N–H and O–H groups in total. The molecule has 4 heteroatoms. The molecule has 4 nitrogen and oxygen atoms in total. The molecule has 0 atom stereocenters. The zero-order valence-corrected chi connectivity index (χ0v) is 12.2. The number of carbonyl (C=O) groups excluding carboxylic acids is 2. The molecule has 0 bridgehead atoms. The molecule has 2 rings (SSSR count). The number of hydrogen-bond donors (Lipinski definition) is 0. The molecule has 0 saturated heterocycles. The van der Waals surface area contributed by atoms with Crippen molar-refractivity contribution in [2.45, 2.75) is 6.61 Å². The minimum Gasteiger partial charge on any atom is -0.465 e. The highest BCUT2D eigenvalue weighted by atomic mass is 16.5. The van der Waals surface area contributed by atoms with Crippen LogP contribution in [0.15, 0.2) is 66.2 Å². The van der Waals surface area contributed by atoms with E-state index in [9.17, 15) is 9.59 Å². The van der Waals surface area contributed by atoms with E-state index in [0.717, 1.165) is 11.1 Å². The third-order valence-corrected chi connectivity index (χ3v) is 2.95. The van der Waals surface area contributed by atoms with E-state index in [1.54, 1.807) is 12.1 Å². The summed E-state index contributed by atoms with van der Waals surface area (Å²) in [7, 11) is 1.23. The first-order valence-electron chi connectivity index (χ1n) is 6.77. The molecule has 0 saturated carbocycles. The Hall–Kier alpha value is -2.88. The summed E-state index contributed by atoms with van der Waals surface area (Å²) < 4.78 is 9.83. The van der Waals surface area contributed by atoms with Crippen LogP contribution in [0.3, 0.4) is 0 Å². The highest BCUT2D eigenvalue weighted by molar-refractivity contribution is 6.17. The number of rotatable bonds is 5. The van der Waals surface area contributed by atoms with E-state index in [0.29, 0.717) is 0 Å². The maximum absolute atomic E-state index is 12.1. The number of carbonyl (C=O) groups is 2. The number of methoxy groups -OCH3 is 1. The molecule has 0 aliphatic carbocycles. The first-order valence-corrected chi connectivity index (χ1v) is 6.77. The molecule has 0 fully saturated rings. The molecular weight excluding hydrogens is 280 g/mol. The molecule has 0 heterocycles. The number of benzene rings is 2. The summed E-state index contributed by atoms with van der Waals surface area (Å²) in [6, 6.07) is 18.3. The van der Waals surface area contributed by atoms with Gasteiger partial charge in [0.15, 0.2) is 0 Å². The van der Waals surface area contributed by atoms with Crippen molar-refractivity contribution in [3.05, 3.63) is 77.4 Å². The fourth-order valence-corrected chi connectivity index (χ4v) is 1.83. The predicted molar refractivity (Wildman–Crippen MR) is 82.7 cm³/mol. The summed E-state index contributed by atoms with van der Waals surface area (Å²) in [5, 5.41) is 0. The maximum atomic E-state index is 12.1. The van der Waals surface area contributed by atoms with Crippen LogP contribution < -0.4 is 0 Å². The van der Waals surface area contributed by atoms with Crippen molar-refractivity contribution in [1.29, 1.82) is 0 Å². The van der Waals surface area contributed by atoms with Crippen LogP contribution in [0, 0.1) is 0 Å². The Labute approximate surface area is 129 Å². The van der Waals surface area contributed by atoms with Crippen molar-refractivity contribution in [1.82, 2.24) is 0 Å². The van der Waals surface area contributed by atoms with Gasteiger partial charge in [-0.15, -0.1) is 0 Å². The molecule has 0 amide bonds. The minimum atomic E-state index is -0.720. The lowest BCUT2D eigenvalue weighted by Crippen LogP contribution is -2.17. The van der Waals surface area contributed by atoms with Gasteiger partial charge in [-0.25, -0.2) is 9.59 Å². The van der Waals surface area contributed by atoms with Crippen molar-refractivity contribution < 1.29 is 19.1 Å². The lowest BCUT2D eigenvalue weighted by molar-refractivity contribution is -0.146. The Bertz CT molecular complexity index is 660. The van der Waals surface area contributed by atoms with E-state index in [4.69, 9.17) is 4.74 Å². The quantitative estimate of drug-likeness (QED) is 0.368. The number of hydrogen-bond acceptors (Lipinski definition) is 4. The Morgan fingerprint density at radius 3 is 2.09 bits per heavy atom. The number of esters is 2. The van der Waals surface area contributed by atoms with Crippen LogP contribution in [0.25, 0.3) is 6.08 Å². The van der Waals surface area contributed by atoms with Crippen LogP contribution in [0.4, 0.5) is 0 Å². The molecule has 2 aromatic carbocycles. The maximum Gasteiger partial charge on any atom is 0.345 e. The van der Waals surface area contributed by atoms with Crippen LogP contribution in [-0.2, 0) is 25.7 Å². The fraction of sp³-hybridized carbons (Fsp3) is 0.111. The van der Waals surface area contributed by atoms with Gasteiger partial charge in [-0.1, -0.05) is 60.7 Å². The van der Waals surface area contributed by atoms with Crippen LogP contribution in [-0.4, -0.2) is 19.0 Å². The normalized spacial score (nSPS) is 10.9. The first kappa shape index (κ1) is 15.5. The molecule has 22 heavy (non-hydrogen) atoms. The molecule has 0 aliphatic rings. The summed E-state index contributed by atoms with van der Waals surface area (Å²) >= 11 is 0. The van der Waals surface area contributed by atoms with Crippen molar-refractivity contribution in [2.75, 3.05) is 7.11 Å². The smallest absolute Gasteiger partial charge is 0.345 e. The van der Waals surface area contributed by atoms with Crippen molar-refractivity contribution in [3.63, 3.8) is 0 Å². The summed E-state index contributed by atoms with van der Waals surface area (Å²) in [6.07, 6.45) is 1.46. The lowest BCUT2D eigenvalue weighted by Gasteiger charge is -2.07. The van der Waals surface area contributed by atoms with Crippen LogP contribution in [0.5, 0.6) is 0 Å². The highest BCUT2D eigenvalue weighted by Crippen LogP contribution is 2.11. The fourth-order valence-electron chi connectivity index (χ4n) is 1.83. The van der Waals surface area contributed by atoms with Gasteiger partial charge in [-0.2, -0.15) is 0 Å². The summed E-state index contributed by atoms with van der Waals surface area (Å²) in [5.74, 6) is -1.43. The molecule has 2 aromatic rings. The van der Waals surface area contributed by atoms with Gasteiger partial charge in [-0.3, -0.25) is 0 Å². The van der Waals surface area contributed by atoms with E-state index in [1.807, 2.05) is 48.5 Å². The predicted octanol–water partition coefficient (Wildman–Crippen LogP) is 2.99. The molecule has 112 valence electrons. The zero-order valence-electron chi connectivity index (χ0n) is 12.2. The molecule has 0 radical (unpaired) electrons. The van der Waals surface area contributed by atoms with Gasteiger partial charge in [0.1, 0.15) is 12.2 Å². The molecule has 0 aromatic heterocycles. The van der Waals surface area contributed by atoms with Gasteiger partial charge in [0.2, 0.25) is 0 Å². The van der Waals surface area contributed by atoms with Gasteiger partial charge in [0.25, 0.3) is 0 Å². The SMILES string of the molecule is COC(=O)/C(=C/c1ccccc1)C(=O)OCc1ccccc1. The average molecular weight is 296 g/mol. The van der Waals surface area contributed by atoms with Gasteiger partial charge in [0.05, 0.1) is 7.11 Å². The Balaban J connectivity index is 2.13. The van der Waals surface area contributed by atoms with Crippen molar-refractivity contribution in [3.8, 4) is 0 Å². The third kappa shape index (κ3) is 4.31. The monoisotopic (exact) mass is 296 g/mol. The Morgan fingerprint density at radius 2 is 1.50 bits per heavy atom. The first-order chi connectivity index (χ1) is 10.7. The second kappa shape index (κ2) is 7.78. The minimum absolute atomic E-state index is 0.1000. The average Bonchev–Trinajstić information content (AvgIpc) is 2.58. The summed E-state index contributed by atoms with van der Waals surface area (Å²) in [5.41, 5.74) is 1.43. The second-order valence-corrected chi connectivity index (χ2v) is 4.52. The molecule has 0 spiro atoms. The van der Waals surface area contributed by atoms with Gasteiger partial charge >= 0.3 is 11.9 Å². The van der Waals surface area contributed by atoms with Gasteiger partial charge < -0.3 is 9.47 Å². The topological polar surface area (TPSA) is 52.6 Å². The summed E-state index contributed by atoms with van der Waals surface area (Å²) in [4.78, 5) is 23.9. The van der Waals surface area contributed by atoms with E-state index in [1.165, 1.54) is 13.2 Å². The number of ether oxygens (including phenoxy) is 2. The van der Waals surface area contributed by atoms with Gasteiger partial charge in [0, 0.05) is 0 Å². The highest BCUT2D eigenvalue weighted by Gasteiger charge is 2.20. The zero-order chi connectivity index (χ0) is 15.8. The Kier molecular flexibility index (Phi) is 5.49. The van der Waals surface area contributed by atoms with Crippen molar-refractivity contribution >= 4 is 18.0 Å². The van der Waals surface area contributed by atoms with E-state index in [2.05, 4.69) is 4.74 Å². The van der Waals surface area contributed by atoms with Crippen LogP contribution in [0.1, 0.15) is 11.1 Å². The largest absolute Gasteiger partial charge is 0.465 e. The van der Waals surface area contributed by atoms with E-state index < -0.39 is 11.9 Å². The van der Waals surface area contributed by atoms with Crippen molar-refractivity contribution in [2.24, 2.45) is 0 Å². The van der Waals surface area contributed by atoms with E-state index >= 15 is 0 Å². The molecular formula is C18H16O4. The van der Waals surface area contributed by atoms with Crippen LogP contribution >= 0.6 is 0 Å². The third-order valence-electron chi connectivity index (χ3n) is 2.95. The standard InChI is InChI=1S/C18H16O4/c1-21-17(19)16(12-14-8-4-2-5-9-14)18(20)22-13-15-10-6-3-7-11-15/h2-12H,13H2,1H3/b16-12-. The molecule has 0 unspecified atom stereocenters. The van der Waals surface area contributed by atoms with Crippen LogP contribution in [0.2, 0.25) is 0 Å². The van der Waals surface area contributed by atoms with E-state index in [-0.39, 0.29) is 12.2 Å². The second-order valence-electron chi connectivity index (χ2n) is 4.52. The Morgan fingerprint density at radius 1 is 0.909 bits per heavy atom. The van der Waals surface area contributed by atoms with Gasteiger partial charge in [-0.05, 0) is 17.2 Å².